The van der Waals surface area contributed by atoms with Crippen molar-refractivity contribution in [3.05, 3.63) is 0 Å². The first kappa shape index (κ1) is 13.8. The van der Waals surface area contributed by atoms with Crippen molar-refractivity contribution in [1.82, 2.24) is 4.90 Å². The summed E-state index contributed by atoms with van der Waals surface area (Å²) in [5.74, 6) is 6.25. The highest BCUT2D eigenvalue weighted by atomic mass is 35.5. The van der Waals surface area contributed by atoms with Crippen LogP contribution in [0.1, 0.15) is 44.9 Å². The minimum Gasteiger partial charge on any atom is -1.00 e. The van der Waals surface area contributed by atoms with E-state index < -0.39 is 5.60 Å². The van der Waals surface area contributed by atoms with E-state index in [4.69, 9.17) is 0 Å². The Balaban J connectivity index is 0.00000128. The molecule has 0 aromatic heterocycles. The van der Waals surface area contributed by atoms with Gasteiger partial charge in [0.25, 0.3) is 0 Å². The number of likely N-dealkylation sites (tertiary alicyclic amines) is 1. The summed E-state index contributed by atoms with van der Waals surface area (Å²) in [4.78, 5) is 2.37. The molecule has 0 spiro atoms. The lowest BCUT2D eigenvalue weighted by Crippen LogP contribution is -3.00. The van der Waals surface area contributed by atoms with Crippen molar-refractivity contribution >= 4 is 0 Å². The Morgan fingerprint density at radius 3 is 2.25 bits per heavy atom. The Kier molecular flexibility index (Phi) is 5.61. The lowest BCUT2D eigenvalue weighted by molar-refractivity contribution is -0.0000100. The van der Waals surface area contributed by atoms with Crippen molar-refractivity contribution in [3.8, 4) is 11.8 Å². The third-order valence-corrected chi connectivity index (χ3v) is 3.50. The molecule has 1 N–H and O–H groups in total. The molecule has 0 unspecified atom stereocenters. The molecule has 0 bridgehead atoms. The molecule has 3 heteroatoms. The van der Waals surface area contributed by atoms with Crippen LogP contribution in [0.5, 0.6) is 0 Å². The van der Waals surface area contributed by atoms with Crippen LogP contribution in [0.4, 0.5) is 0 Å². The van der Waals surface area contributed by atoms with E-state index in [9.17, 15) is 5.11 Å². The Morgan fingerprint density at radius 1 is 1.00 bits per heavy atom. The molecule has 0 amide bonds. The smallest absolute Gasteiger partial charge is 0.125 e. The third kappa shape index (κ3) is 3.97. The van der Waals surface area contributed by atoms with Gasteiger partial charge >= 0.3 is 0 Å². The third-order valence-electron chi connectivity index (χ3n) is 3.50. The highest BCUT2D eigenvalue weighted by molar-refractivity contribution is 5.15. The average molecular weight is 243 g/mol. The second-order valence-electron chi connectivity index (χ2n) is 4.88. The van der Waals surface area contributed by atoms with Gasteiger partial charge in [0.2, 0.25) is 0 Å². The highest BCUT2D eigenvalue weighted by Crippen LogP contribution is 2.27. The van der Waals surface area contributed by atoms with Gasteiger partial charge in [-0.15, -0.1) is 0 Å². The predicted octanol–water partition coefficient (Wildman–Crippen LogP) is -1.22. The van der Waals surface area contributed by atoms with Crippen molar-refractivity contribution in [3.63, 3.8) is 0 Å². The molecule has 2 aliphatic rings. The fraction of sp³-hybridized carbons (Fsp3) is 0.846. The molecular weight excluding hydrogens is 222 g/mol. The molecule has 1 saturated heterocycles. The predicted molar refractivity (Wildman–Crippen MR) is 61.5 cm³/mol. The van der Waals surface area contributed by atoms with Gasteiger partial charge in [0.05, 0.1) is 6.54 Å². The summed E-state index contributed by atoms with van der Waals surface area (Å²) in [5.41, 5.74) is -0.655. The van der Waals surface area contributed by atoms with Crippen LogP contribution in [0.25, 0.3) is 0 Å². The van der Waals surface area contributed by atoms with Crippen LogP contribution in [0.15, 0.2) is 0 Å². The SMILES string of the molecule is OC1(C#CCN2CCCC2)CCCCC1.[Cl-]. The largest absolute Gasteiger partial charge is 1.00 e. The van der Waals surface area contributed by atoms with E-state index >= 15 is 0 Å². The molecule has 2 fully saturated rings. The number of hydrogen-bond donors (Lipinski definition) is 1. The molecule has 92 valence electrons. The fourth-order valence-corrected chi connectivity index (χ4v) is 2.52. The van der Waals surface area contributed by atoms with E-state index in [1.807, 2.05) is 0 Å². The number of rotatable bonds is 1. The first-order valence-electron chi connectivity index (χ1n) is 6.23. The van der Waals surface area contributed by atoms with Gasteiger partial charge in [-0.3, -0.25) is 4.90 Å². The van der Waals surface area contributed by atoms with E-state index in [1.54, 1.807) is 0 Å². The minimum atomic E-state index is -0.655. The quantitative estimate of drug-likeness (QED) is 0.583. The molecule has 1 aliphatic heterocycles. The van der Waals surface area contributed by atoms with Crippen LogP contribution in [0.2, 0.25) is 0 Å². The Bertz CT molecular complexity index is 257. The van der Waals surface area contributed by atoms with E-state index in [0.29, 0.717) is 0 Å². The number of aliphatic hydroxyl groups is 1. The lowest BCUT2D eigenvalue weighted by atomic mass is 9.85. The maximum Gasteiger partial charge on any atom is 0.125 e. The number of halogens is 1. The summed E-state index contributed by atoms with van der Waals surface area (Å²) in [5, 5.41) is 10.2. The Hall–Kier alpha value is -0.230. The Morgan fingerprint density at radius 2 is 1.62 bits per heavy atom. The van der Waals surface area contributed by atoms with Crippen molar-refractivity contribution in [2.75, 3.05) is 19.6 Å². The summed E-state index contributed by atoms with van der Waals surface area (Å²) in [6.07, 6.45) is 7.90. The molecular formula is C13H21ClNO-. The zero-order valence-corrected chi connectivity index (χ0v) is 10.6. The minimum absolute atomic E-state index is 0. The molecule has 0 radical (unpaired) electrons. The molecule has 0 aromatic rings. The lowest BCUT2D eigenvalue weighted by Gasteiger charge is -2.26. The van der Waals surface area contributed by atoms with E-state index in [2.05, 4.69) is 16.7 Å². The molecule has 2 rings (SSSR count). The number of nitrogens with zero attached hydrogens (tertiary/aromatic N) is 1. The summed E-state index contributed by atoms with van der Waals surface area (Å²) < 4.78 is 0. The zero-order chi connectivity index (χ0) is 10.6. The van der Waals surface area contributed by atoms with Crippen molar-refractivity contribution in [1.29, 1.82) is 0 Å². The molecule has 1 aliphatic carbocycles. The van der Waals surface area contributed by atoms with Crippen LogP contribution in [0.3, 0.4) is 0 Å². The summed E-state index contributed by atoms with van der Waals surface area (Å²) in [6.45, 7) is 3.22. The van der Waals surface area contributed by atoms with Crippen molar-refractivity contribution in [2.45, 2.75) is 50.5 Å². The molecule has 0 atom stereocenters. The Labute approximate surface area is 105 Å². The first-order valence-corrected chi connectivity index (χ1v) is 6.23. The second-order valence-corrected chi connectivity index (χ2v) is 4.88. The monoisotopic (exact) mass is 242 g/mol. The van der Waals surface area contributed by atoms with Gasteiger partial charge in [-0.25, -0.2) is 0 Å². The van der Waals surface area contributed by atoms with E-state index in [1.165, 1.54) is 32.4 Å². The zero-order valence-electron chi connectivity index (χ0n) is 9.84. The average Bonchev–Trinajstić information content (AvgIpc) is 2.71. The maximum atomic E-state index is 10.2. The van der Waals surface area contributed by atoms with Crippen LogP contribution < -0.4 is 12.4 Å². The molecule has 1 heterocycles. The normalized spacial score (nSPS) is 24.3. The standard InChI is InChI=1S/C13H21NO.ClH/c15-13(7-2-1-3-8-13)9-6-12-14-10-4-5-11-14;/h15H,1-5,7-8,10-12H2;1H/p-1. The highest BCUT2D eigenvalue weighted by Gasteiger charge is 2.26. The van der Waals surface area contributed by atoms with Gasteiger partial charge in [-0.1, -0.05) is 18.3 Å². The van der Waals surface area contributed by atoms with Crippen molar-refractivity contribution < 1.29 is 17.5 Å². The molecule has 0 aromatic carbocycles. The first-order chi connectivity index (χ1) is 7.29. The maximum absolute atomic E-state index is 10.2. The number of hydrogen-bond acceptors (Lipinski definition) is 2. The van der Waals surface area contributed by atoms with Gasteiger partial charge in [-0.2, -0.15) is 0 Å². The molecule has 1 saturated carbocycles. The fourth-order valence-electron chi connectivity index (χ4n) is 2.52. The van der Waals surface area contributed by atoms with Crippen LogP contribution in [-0.4, -0.2) is 35.2 Å². The summed E-state index contributed by atoms with van der Waals surface area (Å²) in [6, 6.07) is 0. The summed E-state index contributed by atoms with van der Waals surface area (Å²) >= 11 is 0. The van der Waals surface area contributed by atoms with Crippen LogP contribution >= 0.6 is 0 Å². The van der Waals surface area contributed by atoms with Gasteiger partial charge in [-0.05, 0) is 51.6 Å². The van der Waals surface area contributed by atoms with E-state index in [0.717, 1.165) is 32.2 Å². The van der Waals surface area contributed by atoms with E-state index in [-0.39, 0.29) is 12.4 Å². The van der Waals surface area contributed by atoms with Crippen LogP contribution in [0, 0.1) is 11.8 Å². The van der Waals surface area contributed by atoms with Gasteiger partial charge < -0.3 is 17.5 Å². The molecule has 16 heavy (non-hydrogen) atoms. The van der Waals surface area contributed by atoms with Crippen LogP contribution in [-0.2, 0) is 0 Å². The topological polar surface area (TPSA) is 23.5 Å². The second kappa shape index (κ2) is 6.49. The van der Waals surface area contributed by atoms with Gasteiger partial charge in [0.15, 0.2) is 0 Å². The van der Waals surface area contributed by atoms with Gasteiger partial charge in [0, 0.05) is 0 Å². The van der Waals surface area contributed by atoms with Crippen molar-refractivity contribution in [2.24, 2.45) is 0 Å². The molecule has 2 nitrogen and oxygen atoms in total. The van der Waals surface area contributed by atoms with Gasteiger partial charge in [0.1, 0.15) is 5.60 Å². The summed E-state index contributed by atoms with van der Waals surface area (Å²) in [7, 11) is 0.